The Morgan fingerprint density at radius 2 is 2.27 bits per heavy atom. The summed E-state index contributed by atoms with van der Waals surface area (Å²) < 4.78 is 5.18. The van der Waals surface area contributed by atoms with Crippen molar-refractivity contribution in [2.45, 2.75) is 12.5 Å². The molecule has 1 aliphatic rings. The summed E-state index contributed by atoms with van der Waals surface area (Å²) in [6.07, 6.45) is 4.48. The van der Waals surface area contributed by atoms with Crippen LogP contribution in [0.2, 0.25) is 0 Å². The van der Waals surface area contributed by atoms with Crippen molar-refractivity contribution in [1.82, 2.24) is 9.88 Å². The van der Waals surface area contributed by atoms with Crippen LogP contribution in [0.3, 0.4) is 0 Å². The van der Waals surface area contributed by atoms with Gasteiger partial charge in [0, 0.05) is 37.1 Å². The van der Waals surface area contributed by atoms with Gasteiger partial charge in [-0.05, 0) is 36.8 Å². The number of likely N-dealkylation sites (tertiary alicyclic amines) is 1. The monoisotopic (exact) mass is 297 g/mol. The zero-order valence-electron chi connectivity index (χ0n) is 12.5. The van der Waals surface area contributed by atoms with Gasteiger partial charge in [0.2, 0.25) is 0 Å². The van der Waals surface area contributed by atoms with Gasteiger partial charge in [-0.15, -0.1) is 0 Å². The third kappa shape index (κ3) is 3.19. The molecule has 5 heteroatoms. The molecule has 1 N–H and O–H groups in total. The Morgan fingerprint density at radius 1 is 1.36 bits per heavy atom. The van der Waals surface area contributed by atoms with E-state index in [1.54, 1.807) is 25.6 Å². The molecule has 1 saturated heterocycles. The lowest BCUT2D eigenvalue weighted by atomic mass is 10.2. The molecule has 0 aliphatic carbocycles. The fourth-order valence-corrected chi connectivity index (χ4v) is 2.69. The summed E-state index contributed by atoms with van der Waals surface area (Å²) in [5.74, 6) is 0.754. The van der Waals surface area contributed by atoms with E-state index in [2.05, 4.69) is 10.3 Å². The highest BCUT2D eigenvalue weighted by Crippen LogP contribution is 2.19. The van der Waals surface area contributed by atoms with Gasteiger partial charge in [-0.2, -0.15) is 0 Å². The van der Waals surface area contributed by atoms with Crippen molar-refractivity contribution in [3.05, 3.63) is 54.4 Å². The molecule has 2 heterocycles. The highest BCUT2D eigenvalue weighted by Gasteiger charge is 2.27. The predicted molar refractivity (Wildman–Crippen MR) is 85.2 cm³/mol. The van der Waals surface area contributed by atoms with Gasteiger partial charge in [0.25, 0.3) is 5.91 Å². The van der Waals surface area contributed by atoms with Crippen LogP contribution in [0.5, 0.6) is 5.75 Å². The van der Waals surface area contributed by atoms with Crippen LogP contribution in [0.25, 0.3) is 0 Å². The molecular formula is C17H19N3O2. The normalized spacial score (nSPS) is 17.3. The van der Waals surface area contributed by atoms with E-state index < -0.39 is 0 Å². The molecule has 2 aromatic rings. The second-order valence-corrected chi connectivity index (χ2v) is 5.35. The maximum Gasteiger partial charge on any atom is 0.254 e. The molecule has 1 atom stereocenters. The molecule has 0 spiro atoms. The van der Waals surface area contributed by atoms with Crippen LogP contribution in [0.1, 0.15) is 16.8 Å². The van der Waals surface area contributed by atoms with Gasteiger partial charge in [0.1, 0.15) is 5.75 Å². The molecular weight excluding hydrogens is 278 g/mol. The minimum absolute atomic E-state index is 0.0504. The van der Waals surface area contributed by atoms with Crippen molar-refractivity contribution in [2.75, 3.05) is 25.5 Å². The second-order valence-electron chi connectivity index (χ2n) is 5.35. The van der Waals surface area contributed by atoms with Gasteiger partial charge in [0.05, 0.1) is 12.8 Å². The van der Waals surface area contributed by atoms with E-state index in [1.807, 2.05) is 35.2 Å². The van der Waals surface area contributed by atoms with Crippen LogP contribution >= 0.6 is 0 Å². The smallest absolute Gasteiger partial charge is 0.254 e. The summed E-state index contributed by atoms with van der Waals surface area (Å²) in [4.78, 5) is 18.5. The van der Waals surface area contributed by atoms with Crippen molar-refractivity contribution in [1.29, 1.82) is 0 Å². The number of rotatable bonds is 4. The number of hydrogen-bond acceptors (Lipinski definition) is 4. The van der Waals surface area contributed by atoms with Gasteiger partial charge in [-0.1, -0.05) is 6.07 Å². The number of benzene rings is 1. The van der Waals surface area contributed by atoms with Crippen LogP contribution in [-0.4, -0.2) is 42.0 Å². The van der Waals surface area contributed by atoms with E-state index in [0.717, 1.165) is 18.7 Å². The quantitative estimate of drug-likeness (QED) is 0.941. The van der Waals surface area contributed by atoms with Crippen molar-refractivity contribution in [3.8, 4) is 5.75 Å². The van der Waals surface area contributed by atoms with Gasteiger partial charge >= 0.3 is 0 Å². The lowest BCUT2D eigenvalue weighted by Gasteiger charge is -2.18. The maximum atomic E-state index is 12.5. The lowest BCUT2D eigenvalue weighted by molar-refractivity contribution is 0.0791. The molecule has 1 amide bonds. The molecule has 114 valence electrons. The number of hydrogen-bond donors (Lipinski definition) is 1. The molecule has 0 bridgehead atoms. The first-order chi connectivity index (χ1) is 10.8. The number of ether oxygens (including phenoxy) is 1. The number of pyridine rings is 1. The Kier molecular flexibility index (Phi) is 4.23. The molecule has 1 aromatic heterocycles. The van der Waals surface area contributed by atoms with Crippen molar-refractivity contribution in [2.24, 2.45) is 0 Å². The van der Waals surface area contributed by atoms with Crippen molar-refractivity contribution in [3.63, 3.8) is 0 Å². The topological polar surface area (TPSA) is 54.5 Å². The molecule has 0 radical (unpaired) electrons. The van der Waals surface area contributed by atoms with E-state index in [-0.39, 0.29) is 11.9 Å². The van der Waals surface area contributed by atoms with Crippen LogP contribution < -0.4 is 10.1 Å². The summed E-state index contributed by atoms with van der Waals surface area (Å²) in [5.41, 5.74) is 1.66. The Balaban J connectivity index is 1.63. The summed E-state index contributed by atoms with van der Waals surface area (Å²) in [7, 11) is 1.60. The summed E-state index contributed by atoms with van der Waals surface area (Å²) in [5, 5.41) is 3.42. The number of amides is 1. The summed E-state index contributed by atoms with van der Waals surface area (Å²) >= 11 is 0. The highest BCUT2D eigenvalue weighted by molar-refractivity contribution is 5.94. The van der Waals surface area contributed by atoms with E-state index >= 15 is 0 Å². The largest absolute Gasteiger partial charge is 0.497 e. The Hall–Kier alpha value is -2.56. The van der Waals surface area contributed by atoms with Crippen molar-refractivity contribution >= 4 is 11.6 Å². The van der Waals surface area contributed by atoms with Crippen LogP contribution in [0, 0.1) is 0 Å². The maximum absolute atomic E-state index is 12.5. The molecule has 0 saturated carbocycles. The number of aromatic nitrogens is 1. The van der Waals surface area contributed by atoms with Gasteiger partial charge in [-0.3, -0.25) is 9.78 Å². The number of methoxy groups -OCH3 is 1. The fraction of sp³-hybridized carbons (Fsp3) is 0.294. The Morgan fingerprint density at radius 3 is 3.05 bits per heavy atom. The Labute approximate surface area is 129 Å². The molecule has 3 rings (SSSR count). The number of nitrogens with one attached hydrogen (secondary N) is 1. The highest BCUT2D eigenvalue weighted by atomic mass is 16.5. The first-order valence-corrected chi connectivity index (χ1v) is 7.36. The zero-order chi connectivity index (χ0) is 15.4. The number of anilines is 1. The van der Waals surface area contributed by atoms with Crippen LogP contribution in [-0.2, 0) is 0 Å². The average Bonchev–Trinajstić information content (AvgIpc) is 3.03. The summed E-state index contributed by atoms with van der Waals surface area (Å²) in [6, 6.07) is 11.4. The van der Waals surface area contributed by atoms with Crippen LogP contribution in [0.15, 0.2) is 48.8 Å². The molecule has 1 aromatic carbocycles. The standard InChI is InChI=1S/C17H19N3O2/c1-22-16-6-2-4-13(10-16)17(21)20-9-7-15(12-20)19-14-5-3-8-18-11-14/h2-6,8,10-11,15,19H,7,9,12H2,1H3. The lowest BCUT2D eigenvalue weighted by Crippen LogP contribution is -2.31. The molecule has 1 fully saturated rings. The van der Waals surface area contributed by atoms with Crippen molar-refractivity contribution < 1.29 is 9.53 Å². The van der Waals surface area contributed by atoms with E-state index in [1.165, 1.54) is 0 Å². The van der Waals surface area contributed by atoms with Gasteiger partial charge in [0.15, 0.2) is 0 Å². The first kappa shape index (κ1) is 14.4. The number of nitrogens with zero attached hydrogens (tertiary/aromatic N) is 2. The average molecular weight is 297 g/mol. The SMILES string of the molecule is COc1cccc(C(=O)N2CCC(Nc3cccnc3)C2)c1. The second kappa shape index (κ2) is 6.47. The summed E-state index contributed by atoms with van der Waals surface area (Å²) in [6.45, 7) is 1.46. The minimum Gasteiger partial charge on any atom is -0.497 e. The molecule has 1 aliphatic heterocycles. The number of carbonyl (C=O) groups is 1. The first-order valence-electron chi connectivity index (χ1n) is 7.36. The molecule has 5 nitrogen and oxygen atoms in total. The van der Waals surface area contributed by atoms with Crippen LogP contribution in [0.4, 0.5) is 5.69 Å². The van der Waals surface area contributed by atoms with E-state index in [4.69, 9.17) is 4.74 Å². The Bertz CT molecular complexity index is 645. The third-order valence-electron chi connectivity index (χ3n) is 3.82. The predicted octanol–water partition coefficient (Wildman–Crippen LogP) is 2.42. The number of carbonyl (C=O) groups excluding carboxylic acids is 1. The van der Waals surface area contributed by atoms with Gasteiger partial charge in [-0.25, -0.2) is 0 Å². The molecule has 1 unspecified atom stereocenters. The van der Waals surface area contributed by atoms with E-state index in [0.29, 0.717) is 17.9 Å². The van der Waals surface area contributed by atoms with Gasteiger partial charge < -0.3 is 15.0 Å². The molecule has 22 heavy (non-hydrogen) atoms. The minimum atomic E-state index is 0.0504. The zero-order valence-corrected chi connectivity index (χ0v) is 12.5. The third-order valence-corrected chi connectivity index (χ3v) is 3.82. The van der Waals surface area contributed by atoms with E-state index in [9.17, 15) is 4.79 Å². The fourth-order valence-electron chi connectivity index (χ4n) is 2.69.